The predicted molar refractivity (Wildman–Crippen MR) is 111 cm³/mol. The Morgan fingerprint density at radius 2 is 1.93 bits per heavy atom. The van der Waals surface area contributed by atoms with Crippen LogP contribution in [0.2, 0.25) is 0 Å². The minimum atomic E-state index is -0.207. The van der Waals surface area contributed by atoms with E-state index >= 15 is 0 Å². The highest BCUT2D eigenvalue weighted by Crippen LogP contribution is 2.23. The van der Waals surface area contributed by atoms with Crippen molar-refractivity contribution in [1.29, 1.82) is 0 Å². The van der Waals surface area contributed by atoms with Gasteiger partial charge in [0.25, 0.3) is 5.91 Å². The first kappa shape index (κ1) is 19.6. The van der Waals surface area contributed by atoms with Gasteiger partial charge in [-0.05, 0) is 36.8 Å². The average Bonchev–Trinajstić information content (AvgIpc) is 3.16. The highest BCUT2D eigenvalue weighted by atomic mass is 32.2. The van der Waals surface area contributed by atoms with Crippen molar-refractivity contribution < 1.29 is 9.53 Å². The predicted octanol–water partition coefficient (Wildman–Crippen LogP) is 3.22. The number of rotatable bonds is 8. The lowest BCUT2D eigenvalue weighted by atomic mass is 10.2. The van der Waals surface area contributed by atoms with E-state index in [0.717, 1.165) is 29.2 Å². The Balaban J connectivity index is 1.55. The molecule has 7 nitrogen and oxygen atoms in total. The minimum Gasteiger partial charge on any atom is -0.497 e. The van der Waals surface area contributed by atoms with E-state index in [9.17, 15) is 4.79 Å². The molecule has 0 atom stereocenters. The van der Waals surface area contributed by atoms with Gasteiger partial charge in [0.2, 0.25) is 0 Å². The van der Waals surface area contributed by atoms with Gasteiger partial charge in [0.1, 0.15) is 5.75 Å². The number of ether oxygens (including phenoxy) is 1. The number of nitrogens with one attached hydrogen (secondary N) is 1. The van der Waals surface area contributed by atoms with E-state index in [1.54, 1.807) is 13.3 Å². The Morgan fingerprint density at radius 1 is 1.18 bits per heavy atom. The lowest BCUT2D eigenvalue weighted by Crippen LogP contribution is -2.20. The average molecular weight is 395 g/mol. The van der Waals surface area contributed by atoms with Gasteiger partial charge in [-0.3, -0.25) is 4.79 Å². The summed E-state index contributed by atoms with van der Waals surface area (Å²) in [5.41, 5.74) is 4.39. The molecule has 0 fully saturated rings. The largest absolute Gasteiger partial charge is 0.497 e. The van der Waals surface area contributed by atoms with Crippen molar-refractivity contribution in [3.63, 3.8) is 0 Å². The normalized spacial score (nSPS) is 10.9. The molecule has 0 unspecified atom stereocenters. The van der Waals surface area contributed by atoms with Crippen LogP contribution >= 0.6 is 11.8 Å². The molecule has 1 N–H and O–H groups in total. The van der Waals surface area contributed by atoms with Crippen molar-refractivity contribution >= 4 is 23.9 Å². The lowest BCUT2D eigenvalue weighted by molar-refractivity contribution is -0.118. The smallest absolute Gasteiger partial charge is 0.250 e. The summed E-state index contributed by atoms with van der Waals surface area (Å²) in [5, 5.41) is 13.2. The summed E-state index contributed by atoms with van der Waals surface area (Å²) in [5.74, 6) is 1.56. The number of benzene rings is 2. The third-order valence-electron chi connectivity index (χ3n) is 3.92. The van der Waals surface area contributed by atoms with Crippen LogP contribution in [0.1, 0.15) is 12.5 Å². The zero-order chi connectivity index (χ0) is 19.8. The summed E-state index contributed by atoms with van der Waals surface area (Å²) in [4.78, 5) is 12.1. The third-order valence-corrected chi connectivity index (χ3v) is 4.88. The molecule has 3 aromatic rings. The molecule has 0 spiro atoms. The van der Waals surface area contributed by atoms with Gasteiger partial charge in [0.15, 0.2) is 11.0 Å². The zero-order valence-corrected chi connectivity index (χ0v) is 16.5. The highest BCUT2D eigenvalue weighted by molar-refractivity contribution is 7.99. The third kappa shape index (κ3) is 4.98. The van der Waals surface area contributed by atoms with Crippen molar-refractivity contribution in [3.05, 3.63) is 60.2 Å². The van der Waals surface area contributed by atoms with E-state index in [4.69, 9.17) is 4.74 Å². The summed E-state index contributed by atoms with van der Waals surface area (Å²) < 4.78 is 7.10. The summed E-state index contributed by atoms with van der Waals surface area (Å²) in [7, 11) is 1.61. The number of carbonyl (C=O) groups excluding carboxylic acids is 1. The molecule has 1 heterocycles. The summed E-state index contributed by atoms with van der Waals surface area (Å²) in [6, 6.07) is 17.3. The monoisotopic (exact) mass is 395 g/mol. The van der Waals surface area contributed by atoms with Gasteiger partial charge < -0.3 is 9.30 Å². The first-order chi connectivity index (χ1) is 13.7. The number of thioether (sulfide) groups is 1. The number of amides is 1. The fourth-order valence-electron chi connectivity index (χ4n) is 2.51. The van der Waals surface area contributed by atoms with Crippen LogP contribution < -0.4 is 10.2 Å². The van der Waals surface area contributed by atoms with Crippen LogP contribution in [0.5, 0.6) is 5.75 Å². The summed E-state index contributed by atoms with van der Waals surface area (Å²) in [6.45, 7) is 2.75. The first-order valence-electron chi connectivity index (χ1n) is 8.78. The minimum absolute atomic E-state index is 0.201. The van der Waals surface area contributed by atoms with Crippen molar-refractivity contribution in [1.82, 2.24) is 20.2 Å². The molecule has 2 aromatic carbocycles. The quantitative estimate of drug-likeness (QED) is 0.360. The van der Waals surface area contributed by atoms with Crippen molar-refractivity contribution in [3.8, 4) is 17.1 Å². The highest BCUT2D eigenvalue weighted by Gasteiger charge is 2.14. The Bertz CT molecular complexity index is 939. The molecule has 0 aliphatic heterocycles. The Hall–Kier alpha value is -3.13. The molecule has 28 heavy (non-hydrogen) atoms. The van der Waals surface area contributed by atoms with Crippen LogP contribution in [0.15, 0.2) is 64.9 Å². The maximum absolute atomic E-state index is 12.1. The Kier molecular flexibility index (Phi) is 6.80. The second-order valence-electron chi connectivity index (χ2n) is 5.77. The van der Waals surface area contributed by atoms with E-state index in [-0.39, 0.29) is 11.7 Å². The molecule has 1 aromatic heterocycles. The van der Waals surface area contributed by atoms with E-state index in [1.807, 2.05) is 66.1 Å². The molecule has 144 valence electrons. The SMILES string of the molecule is CCn1c(SCC(=O)N/N=C/c2ccc(OC)cc2)nnc1-c1ccccc1. The van der Waals surface area contributed by atoms with Gasteiger partial charge in [0, 0.05) is 12.1 Å². The van der Waals surface area contributed by atoms with Crippen molar-refractivity contribution in [2.45, 2.75) is 18.6 Å². The number of hydrogen-bond acceptors (Lipinski definition) is 6. The second kappa shape index (κ2) is 9.70. The van der Waals surface area contributed by atoms with Crippen LogP contribution in [0.25, 0.3) is 11.4 Å². The number of nitrogens with zero attached hydrogens (tertiary/aromatic N) is 4. The van der Waals surface area contributed by atoms with Crippen molar-refractivity contribution in [2.24, 2.45) is 5.10 Å². The molecule has 0 radical (unpaired) electrons. The van der Waals surface area contributed by atoms with Crippen LogP contribution in [0.4, 0.5) is 0 Å². The fourth-order valence-corrected chi connectivity index (χ4v) is 3.31. The van der Waals surface area contributed by atoms with Crippen molar-refractivity contribution in [2.75, 3.05) is 12.9 Å². The second-order valence-corrected chi connectivity index (χ2v) is 6.71. The van der Waals surface area contributed by atoms with Gasteiger partial charge >= 0.3 is 0 Å². The standard InChI is InChI=1S/C20H21N5O2S/c1-3-25-19(16-7-5-4-6-8-16)23-24-20(25)28-14-18(26)22-21-13-15-9-11-17(27-2)12-10-15/h4-13H,3,14H2,1-2H3,(H,22,26)/b21-13+. The molecule has 3 rings (SSSR count). The Morgan fingerprint density at radius 3 is 2.61 bits per heavy atom. The van der Waals surface area contributed by atoms with Gasteiger partial charge in [0.05, 0.1) is 19.1 Å². The van der Waals surface area contributed by atoms with Crippen LogP contribution in [-0.2, 0) is 11.3 Å². The number of hydrazone groups is 1. The van der Waals surface area contributed by atoms with Gasteiger partial charge in [-0.1, -0.05) is 42.1 Å². The van der Waals surface area contributed by atoms with Crippen LogP contribution in [-0.4, -0.2) is 39.7 Å². The first-order valence-corrected chi connectivity index (χ1v) is 9.77. The van der Waals surface area contributed by atoms with Gasteiger partial charge in [-0.25, -0.2) is 5.43 Å². The molecule has 0 saturated carbocycles. The maximum atomic E-state index is 12.1. The summed E-state index contributed by atoms with van der Waals surface area (Å²) >= 11 is 1.33. The molecule has 0 bridgehead atoms. The summed E-state index contributed by atoms with van der Waals surface area (Å²) in [6.07, 6.45) is 1.59. The van der Waals surface area contributed by atoms with E-state index in [0.29, 0.717) is 5.16 Å². The van der Waals surface area contributed by atoms with Gasteiger partial charge in [-0.2, -0.15) is 5.10 Å². The zero-order valence-electron chi connectivity index (χ0n) is 15.7. The Labute approximate surface area is 167 Å². The van der Waals surface area contributed by atoms with Crippen LogP contribution in [0, 0.1) is 0 Å². The molecule has 0 aliphatic rings. The number of hydrogen-bond donors (Lipinski definition) is 1. The molecule has 0 saturated heterocycles. The van der Waals surface area contributed by atoms with Crippen LogP contribution in [0.3, 0.4) is 0 Å². The molecule has 0 aliphatic carbocycles. The van der Waals surface area contributed by atoms with Gasteiger partial charge in [-0.15, -0.1) is 10.2 Å². The molecule has 1 amide bonds. The molecule has 8 heteroatoms. The number of aromatic nitrogens is 3. The number of methoxy groups -OCH3 is 1. The maximum Gasteiger partial charge on any atom is 0.250 e. The fraction of sp³-hybridized carbons (Fsp3) is 0.200. The molecular weight excluding hydrogens is 374 g/mol. The van der Waals surface area contributed by atoms with E-state index in [2.05, 4.69) is 20.7 Å². The van der Waals surface area contributed by atoms with E-state index in [1.165, 1.54) is 11.8 Å². The lowest BCUT2D eigenvalue weighted by Gasteiger charge is -2.06. The molecular formula is C20H21N5O2S. The van der Waals surface area contributed by atoms with E-state index < -0.39 is 0 Å². The topological polar surface area (TPSA) is 81.4 Å². The number of carbonyl (C=O) groups is 1.